The molecule has 0 aliphatic carbocycles. The number of carboxylic acid groups (broad SMARTS) is 1. The lowest BCUT2D eigenvalue weighted by Crippen LogP contribution is -2.20. The van der Waals surface area contributed by atoms with Crippen molar-refractivity contribution in [3.8, 4) is 0 Å². The van der Waals surface area contributed by atoms with E-state index in [4.69, 9.17) is 5.11 Å². The molecule has 1 atom stereocenters. The van der Waals surface area contributed by atoms with E-state index in [-0.39, 0.29) is 6.61 Å². The van der Waals surface area contributed by atoms with Gasteiger partial charge in [-0.1, -0.05) is 0 Å². The number of carbonyl (C=O) groups is 2. The molecule has 9 heavy (non-hydrogen) atoms. The van der Waals surface area contributed by atoms with Gasteiger partial charge in [0.1, 0.15) is 12.9 Å². The zero-order valence-corrected chi connectivity index (χ0v) is 5.03. The largest absolute Gasteiger partial charge is 0.479 e. The van der Waals surface area contributed by atoms with Crippen LogP contribution in [0.1, 0.15) is 6.92 Å². The van der Waals surface area contributed by atoms with Crippen molar-refractivity contribution < 1.29 is 19.4 Å². The van der Waals surface area contributed by atoms with Crippen LogP contribution in [0.5, 0.6) is 0 Å². The molecule has 0 heterocycles. The second kappa shape index (κ2) is 4.03. The molecule has 0 fully saturated rings. The fourth-order valence-electron chi connectivity index (χ4n) is 0.255. The highest BCUT2D eigenvalue weighted by Crippen LogP contribution is 1.86. The molecule has 0 saturated carbocycles. The first kappa shape index (κ1) is 8.10. The fourth-order valence-corrected chi connectivity index (χ4v) is 0.255. The predicted octanol–water partition coefficient (Wildman–Crippen LogP) is -0.325. The fraction of sp³-hybridized carbons (Fsp3) is 0.600. The Balaban J connectivity index is 3.37. The standard InChI is InChI=1S/C5H8O4/c1-4(5(7)8)9-3-2-6/h2,4H,3H2,1H3,(H,7,8). The third-order valence-electron chi connectivity index (χ3n) is 0.762. The summed E-state index contributed by atoms with van der Waals surface area (Å²) in [4.78, 5) is 19.6. The summed E-state index contributed by atoms with van der Waals surface area (Å²) >= 11 is 0. The molecule has 0 saturated heterocycles. The van der Waals surface area contributed by atoms with E-state index in [1.807, 2.05) is 0 Å². The van der Waals surface area contributed by atoms with Gasteiger partial charge in [-0.05, 0) is 6.92 Å². The van der Waals surface area contributed by atoms with Crippen LogP contribution in [0.2, 0.25) is 0 Å². The molecule has 0 amide bonds. The van der Waals surface area contributed by atoms with Gasteiger partial charge in [0.15, 0.2) is 6.10 Å². The number of rotatable bonds is 4. The number of carbonyl (C=O) groups excluding carboxylic acids is 1. The zero-order chi connectivity index (χ0) is 7.28. The molecule has 0 aromatic rings. The number of hydrogen-bond acceptors (Lipinski definition) is 3. The first-order valence-corrected chi connectivity index (χ1v) is 2.46. The average Bonchev–Trinajstić information content (AvgIpc) is 1.82. The summed E-state index contributed by atoms with van der Waals surface area (Å²) < 4.78 is 4.48. The number of aliphatic carboxylic acids is 1. The van der Waals surface area contributed by atoms with Gasteiger partial charge in [-0.25, -0.2) is 4.79 Å². The van der Waals surface area contributed by atoms with Crippen molar-refractivity contribution in [2.24, 2.45) is 0 Å². The third kappa shape index (κ3) is 3.66. The summed E-state index contributed by atoms with van der Waals surface area (Å²) in [7, 11) is 0. The van der Waals surface area contributed by atoms with E-state index in [2.05, 4.69) is 4.74 Å². The van der Waals surface area contributed by atoms with E-state index in [0.717, 1.165) is 0 Å². The Morgan fingerprint density at radius 3 is 2.78 bits per heavy atom. The molecule has 1 N–H and O–H groups in total. The van der Waals surface area contributed by atoms with Gasteiger partial charge >= 0.3 is 5.97 Å². The van der Waals surface area contributed by atoms with Crippen LogP contribution in [-0.4, -0.2) is 30.1 Å². The van der Waals surface area contributed by atoms with Crippen molar-refractivity contribution in [1.82, 2.24) is 0 Å². The monoisotopic (exact) mass is 132 g/mol. The van der Waals surface area contributed by atoms with Gasteiger partial charge in [-0.2, -0.15) is 0 Å². The summed E-state index contributed by atoms with van der Waals surface area (Å²) in [5, 5.41) is 8.17. The van der Waals surface area contributed by atoms with Gasteiger partial charge in [0.2, 0.25) is 0 Å². The van der Waals surface area contributed by atoms with E-state index in [1.165, 1.54) is 6.92 Å². The van der Waals surface area contributed by atoms with Crippen LogP contribution >= 0.6 is 0 Å². The Hall–Kier alpha value is -0.900. The first-order valence-electron chi connectivity index (χ1n) is 2.46. The number of carboxylic acids is 1. The summed E-state index contributed by atoms with van der Waals surface area (Å²) in [6, 6.07) is 0. The van der Waals surface area contributed by atoms with E-state index >= 15 is 0 Å². The van der Waals surface area contributed by atoms with Crippen molar-refractivity contribution in [3.63, 3.8) is 0 Å². The maximum absolute atomic E-state index is 9.96. The predicted molar refractivity (Wildman–Crippen MR) is 29.1 cm³/mol. The van der Waals surface area contributed by atoms with Gasteiger partial charge in [-0.15, -0.1) is 0 Å². The zero-order valence-electron chi connectivity index (χ0n) is 5.03. The molecule has 0 rings (SSSR count). The molecule has 52 valence electrons. The van der Waals surface area contributed by atoms with Gasteiger partial charge in [0.05, 0.1) is 0 Å². The second-order valence-corrected chi connectivity index (χ2v) is 1.48. The molecule has 0 aliphatic rings. The Kier molecular flexibility index (Phi) is 3.62. The molecular weight excluding hydrogens is 124 g/mol. The molecule has 0 spiro atoms. The van der Waals surface area contributed by atoms with Crippen LogP contribution in [0.3, 0.4) is 0 Å². The molecule has 4 heteroatoms. The first-order chi connectivity index (χ1) is 4.18. The maximum atomic E-state index is 9.96. The molecule has 0 radical (unpaired) electrons. The Bertz CT molecular complexity index is 110. The van der Waals surface area contributed by atoms with Crippen LogP contribution in [-0.2, 0) is 14.3 Å². The maximum Gasteiger partial charge on any atom is 0.332 e. The van der Waals surface area contributed by atoms with Crippen molar-refractivity contribution in [3.05, 3.63) is 0 Å². The van der Waals surface area contributed by atoms with Gasteiger partial charge in [-0.3, -0.25) is 0 Å². The summed E-state index contributed by atoms with van der Waals surface area (Å²) in [6.07, 6.45) is -0.380. The SMILES string of the molecule is CC(OCC=O)C(=O)O. The average molecular weight is 132 g/mol. The normalized spacial score (nSPS) is 12.6. The highest BCUT2D eigenvalue weighted by atomic mass is 16.5. The molecular formula is C5H8O4. The van der Waals surface area contributed by atoms with E-state index < -0.39 is 12.1 Å². The molecule has 0 bridgehead atoms. The van der Waals surface area contributed by atoms with Crippen LogP contribution in [0, 0.1) is 0 Å². The molecule has 1 unspecified atom stereocenters. The topological polar surface area (TPSA) is 63.6 Å². The highest BCUT2D eigenvalue weighted by molar-refractivity contribution is 5.71. The minimum Gasteiger partial charge on any atom is -0.479 e. The van der Waals surface area contributed by atoms with E-state index in [9.17, 15) is 9.59 Å². The minimum atomic E-state index is -1.06. The van der Waals surface area contributed by atoms with Crippen molar-refractivity contribution in [2.45, 2.75) is 13.0 Å². The number of aldehydes is 1. The molecule has 0 aliphatic heterocycles. The summed E-state index contributed by atoms with van der Waals surface area (Å²) in [5.41, 5.74) is 0. The summed E-state index contributed by atoms with van der Waals surface area (Å²) in [6.45, 7) is 1.21. The number of hydrogen-bond donors (Lipinski definition) is 1. The van der Waals surface area contributed by atoms with Crippen molar-refractivity contribution in [2.75, 3.05) is 6.61 Å². The van der Waals surface area contributed by atoms with Crippen LogP contribution < -0.4 is 0 Å². The smallest absolute Gasteiger partial charge is 0.332 e. The Morgan fingerprint density at radius 2 is 2.44 bits per heavy atom. The third-order valence-corrected chi connectivity index (χ3v) is 0.762. The molecule has 4 nitrogen and oxygen atoms in total. The van der Waals surface area contributed by atoms with Gasteiger partial charge < -0.3 is 14.6 Å². The number of ether oxygens (including phenoxy) is 1. The summed E-state index contributed by atoms with van der Waals surface area (Å²) in [5.74, 6) is -1.06. The lowest BCUT2D eigenvalue weighted by atomic mass is 10.4. The minimum absolute atomic E-state index is 0.159. The quantitative estimate of drug-likeness (QED) is 0.532. The molecule has 0 aromatic heterocycles. The highest BCUT2D eigenvalue weighted by Gasteiger charge is 2.08. The van der Waals surface area contributed by atoms with E-state index in [1.54, 1.807) is 0 Å². The van der Waals surface area contributed by atoms with Gasteiger partial charge in [0.25, 0.3) is 0 Å². The van der Waals surface area contributed by atoms with Gasteiger partial charge in [0, 0.05) is 0 Å². The Labute approximate surface area is 52.4 Å². The Morgan fingerprint density at radius 1 is 1.89 bits per heavy atom. The van der Waals surface area contributed by atoms with Crippen molar-refractivity contribution >= 4 is 12.3 Å². The molecule has 0 aromatic carbocycles. The van der Waals surface area contributed by atoms with Crippen LogP contribution in [0.4, 0.5) is 0 Å². The van der Waals surface area contributed by atoms with E-state index in [0.29, 0.717) is 6.29 Å². The van der Waals surface area contributed by atoms with Crippen LogP contribution in [0.15, 0.2) is 0 Å². The lowest BCUT2D eigenvalue weighted by Gasteiger charge is -2.02. The van der Waals surface area contributed by atoms with Crippen LogP contribution in [0.25, 0.3) is 0 Å². The van der Waals surface area contributed by atoms with Crippen molar-refractivity contribution in [1.29, 1.82) is 0 Å². The lowest BCUT2D eigenvalue weighted by molar-refractivity contribution is -0.149. The second-order valence-electron chi connectivity index (χ2n) is 1.48.